The zero-order chi connectivity index (χ0) is 18.0. The van der Waals surface area contributed by atoms with Crippen LogP contribution in [0.5, 0.6) is 0 Å². The van der Waals surface area contributed by atoms with Crippen molar-refractivity contribution in [3.63, 3.8) is 0 Å². The van der Waals surface area contributed by atoms with Crippen LogP contribution < -0.4 is 10.6 Å². The summed E-state index contributed by atoms with van der Waals surface area (Å²) >= 11 is 5.91. The van der Waals surface area contributed by atoms with E-state index >= 15 is 0 Å². The second kappa shape index (κ2) is 6.78. The maximum absolute atomic E-state index is 12.3. The number of carboxylic acids is 1. The van der Waals surface area contributed by atoms with Crippen LogP contribution in [0.25, 0.3) is 10.9 Å². The monoisotopic (exact) mass is 355 g/mol. The summed E-state index contributed by atoms with van der Waals surface area (Å²) in [6, 6.07) is 13.0. The number of aryl methyl sites for hydroxylation is 1. The summed E-state index contributed by atoms with van der Waals surface area (Å²) in [6.45, 7) is 1.85. The van der Waals surface area contributed by atoms with E-state index in [0.29, 0.717) is 11.4 Å². The van der Waals surface area contributed by atoms with E-state index in [0.717, 1.165) is 16.6 Å². The second-order valence-corrected chi connectivity index (χ2v) is 5.81. The minimum atomic E-state index is -1.13. The highest BCUT2D eigenvalue weighted by atomic mass is 35.5. The van der Waals surface area contributed by atoms with Crippen molar-refractivity contribution in [3.8, 4) is 0 Å². The SMILES string of the molecule is Cc1cc(NC(=O)Nc2ccc(C(=O)O)c(Cl)c2)c2ccccc2n1. The molecule has 1 heterocycles. The minimum Gasteiger partial charge on any atom is -0.478 e. The van der Waals surface area contributed by atoms with Crippen LogP contribution in [-0.2, 0) is 0 Å². The fraction of sp³-hybridized carbons (Fsp3) is 0.0556. The fourth-order valence-corrected chi connectivity index (χ4v) is 2.72. The number of fused-ring (bicyclic) bond motifs is 1. The molecule has 0 atom stereocenters. The molecule has 0 bridgehead atoms. The van der Waals surface area contributed by atoms with Gasteiger partial charge < -0.3 is 15.7 Å². The van der Waals surface area contributed by atoms with Crippen molar-refractivity contribution in [3.05, 3.63) is 64.8 Å². The topological polar surface area (TPSA) is 91.3 Å². The summed E-state index contributed by atoms with van der Waals surface area (Å²) in [7, 11) is 0. The third kappa shape index (κ3) is 3.70. The van der Waals surface area contributed by atoms with Crippen molar-refractivity contribution in [1.29, 1.82) is 0 Å². The molecule has 0 fully saturated rings. The van der Waals surface area contributed by atoms with Gasteiger partial charge in [0.05, 0.1) is 21.8 Å². The molecule has 0 aliphatic rings. The fourth-order valence-electron chi connectivity index (χ4n) is 2.46. The lowest BCUT2D eigenvalue weighted by molar-refractivity contribution is 0.0697. The molecule has 3 rings (SSSR count). The Balaban J connectivity index is 1.82. The molecule has 7 heteroatoms. The Hall–Kier alpha value is -3.12. The molecule has 0 spiro atoms. The van der Waals surface area contributed by atoms with Crippen LogP contribution in [0.3, 0.4) is 0 Å². The van der Waals surface area contributed by atoms with Crippen molar-refractivity contribution in [1.82, 2.24) is 4.98 Å². The number of carboxylic acid groups (broad SMARTS) is 1. The number of nitrogens with zero attached hydrogens (tertiary/aromatic N) is 1. The molecular weight excluding hydrogens is 342 g/mol. The number of benzene rings is 2. The quantitative estimate of drug-likeness (QED) is 0.643. The van der Waals surface area contributed by atoms with Gasteiger partial charge in [0.15, 0.2) is 0 Å². The number of hydrogen-bond acceptors (Lipinski definition) is 3. The number of anilines is 2. The average Bonchev–Trinajstić information content (AvgIpc) is 2.54. The Morgan fingerprint density at radius 3 is 2.56 bits per heavy atom. The highest BCUT2D eigenvalue weighted by Crippen LogP contribution is 2.24. The number of halogens is 1. The molecular formula is C18H14ClN3O3. The van der Waals surface area contributed by atoms with Gasteiger partial charge in [-0.15, -0.1) is 0 Å². The Bertz CT molecular complexity index is 988. The smallest absolute Gasteiger partial charge is 0.337 e. The maximum Gasteiger partial charge on any atom is 0.337 e. The molecule has 3 N–H and O–H groups in total. The van der Waals surface area contributed by atoms with Gasteiger partial charge in [0.2, 0.25) is 0 Å². The van der Waals surface area contributed by atoms with Gasteiger partial charge in [-0.2, -0.15) is 0 Å². The first-order valence-corrected chi connectivity index (χ1v) is 7.79. The van der Waals surface area contributed by atoms with Crippen molar-refractivity contribution in [2.75, 3.05) is 10.6 Å². The molecule has 25 heavy (non-hydrogen) atoms. The zero-order valence-corrected chi connectivity index (χ0v) is 14.0. The molecule has 2 aromatic carbocycles. The Morgan fingerprint density at radius 2 is 1.84 bits per heavy atom. The molecule has 6 nitrogen and oxygen atoms in total. The summed E-state index contributed by atoms with van der Waals surface area (Å²) in [5, 5.41) is 15.3. The minimum absolute atomic E-state index is 0.0247. The Labute approximate surface area is 148 Å². The van der Waals surface area contributed by atoms with E-state index in [2.05, 4.69) is 15.6 Å². The molecule has 0 saturated heterocycles. The first kappa shape index (κ1) is 16.7. The van der Waals surface area contributed by atoms with Crippen LogP contribution in [0.2, 0.25) is 5.02 Å². The summed E-state index contributed by atoms with van der Waals surface area (Å²) < 4.78 is 0. The summed E-state index contributed by atoms with van der Waals surface area (Å²) in [6.07, 6.45) is 0. The first-order valence-electron chi connectivity index (χ1n) is 7.41. The van der Waals surface area contributed by atoms with Gasteiger partial charge in [0, 0.05) is 16.8 Å². The number of aromatic nitrogens is 1. The highest BCUT2D eigenvalue weighted by Gasteiger charge is 2.11. The third-order valence-electron chi connectivity index (χ3n) is 3.55. The highest BCUT2D eigenvalue weighted by molar-refractivity contribution is 6.33. The largest absolute Gasteiger partial charge is 0.478 e. The van der Waals surface area contributed by atoms with E-state index in [-0.39, 0.29) is 10.6 Å². The molecule has 0 unspecified atom stereocenters. The van der Waals surface area contributed by atoms with Crippen LogP contribution >= 0.6 is 11.6 Å². The van der Waals surface area contributed by atoms with Gasteiger partial charge in [0.1, 0.15) is 0 Å². The van der Waals surface area contributed by atoms with Crippen LogP contribution in [0, 0.1) is 6.92 Å². The molecule has 0 radical (unpaired) electrons. The van der Waals surface area contributed by atoms with Gasteiger partial charge in [-0.3, -0.25) is 4.98 Å². The standard InChI is InChI=1S/C18H14ClN3O3/c1-10-8-16(13-4-2-3-5-15(13)20-10)22-18(25)21-11-6-7-12(17(23)24)14(19)9-11/h2-9H,1H3,(H,23,24)(H2,20,21,22,25). The molecule has 3 aromatic rings. The van der Waals surface area contributed by atoms with Gasteiger partial charge in [-0.1, -0.05) is 29.8 Å². The first-order chi connectivity index (χ1) is 11.9. The predicted octanol–water partition coefficient (Wildman–Crippen LogP) is 4.54. The number of carbonyl (C=O) groups excluding carboxylic acids is 1. The van der Waals surface area contributed by atoms with Crippen LogP contribution in [0.1, 0.15) is 16.1 Å². The maximum atomic E-state index is 12.3. The third-order valence-corrected chi connectivity index (χ3v) is 3.86. The number of carbonyl (C=O) groups is 2. The zero-order valence-electron chi connectivity index (χ0n) is 13.2. The number of pyridine rings is 1. The Morgan fingerprint density at radius 1 is 1.08 bits per heavy atom. The normalized spacial score (nSPS) is 10.5. The molecule has 126 valence electrons. The van der Waals surface area contributed by atoms with E-state index in [1.54, 1.807) is 6.07 Å². The molecule has 2 amide bonds. The number of urea groups is 1. The lowest BCUT2D eigenvalue weighted by Gasteiger charge is -2.11. The van der Waals surface area contributed by atoms with E-state index in [1.165, 1.54) is 18.2 Å². The summed E-state index contributed by atoms with van der Waals surface area (Å²) in [4.78, 5) is 27.6. The van der Waals surface area contributed by atoms with Crippen molar-refractivity contribution >= 4 is 45.9 Å². The molecule has 0 aliphatic carbocycles. The van der Waals surface area contributed by atoms with E-state index in [1.807, 2.05) is 31.2 Å². The van der Waals surface area contributed by atoms with Gasteiger partial charge in [-0.25, -0.2) is 9.59 Å². The van der Waals surface area contributed by atoms with Crippen LogP contribution in [-0.4, -0.2) is 22.1 Å². The van der Waals surface area contributed by atoms with Gasteiger partial charge in [0.25, 0.3) is 0 Å². The lowest BCUT2D eigenvalue weighted by Crippen LogP contribution is -2.20. The molecule has 0 saturated carbocycles. The number of amides is 2. The van der Waals surface area contributed by atoms with Crippen LogP contribution in [0.15, 0.2) is 48.5 Å². The van der Waals surface area contributed by atoms with Crippen molar-refractivity contribution < 1.29 is 14.7 Å². The van der Waals surface area contributed by atoms with Crippen LogP contribution in [0.4, 0.5) is 16.2 Å². The van der Waals surface area contributed by atoms with Gasteiger partial charge >= 0.3 is 12.0 Å². The van der Waals surface area contributed by atoms with E-state index in [9.17, 15) is 9.59 Å². The predicted molar refractivity (Wildman–Crippen MR) is 97.5 cm³/mol. The molecule has 0 aliphatic heterocycles. The second-order valence-electron chi connectivity index (χ2n) is 5.41. The summed E-state index contributed by atoms with van der Waals surface area (Å²) in [5.74, 6) is -1.13. The number of nitrogens with one attached hydrogen (secondary N) is 2. The average molecular weight is 356 g/mol. The number of para-hydroxylation sites is 1. The number of rotatable bonds is 3. The van der Waals surface area contributed by atoms with E-state index < -0.39 is 12.0 Å². The number of aromatic carboxylic acids is 1. The molecule has 1 aromatic heterocycles. The van der Waals surface area contributed by atoms with E-state index in [4.69, 9.17) is 16.7 Å². The van der Waals surface area contributed by atoms with Crippen molar-refractivity contribution in [2.24, 2.45) is 0 Å². The Kier molecular flexibility index (Phi) is 4.54. The number of hydrogen-bond donors (Lipinski definition) is 3. The van der Waals surface area contributed by atoms with Gasteiger partial charge in [-0.05, 0) is 37.3 Å². The lowest BCUT2D eigenvalue weighted by atomic mass is 10.1. The van der Waals surface area contributed by atoms with Crippen molar-refractivity contribution in [2.45, 2.75) is 6.92 Å². The summed E-state index contributed by atoms with van der Waals surface area (Å²) in [5.41, 5.74) is 2.56.